The number of halogens is 2. The van der Waals surface area contributed by atoms with Gasteiger partial charge in [0.1, 0.15) is 18.0 Å². The summed E-state index contributed by atoms with van der Waals surface area (Å²) >= 11 is 0. The molecule has 0 saturated heterocycles. The lowest BCUT2D eigenvalue weighted by atomic mass is 10.2. The van der Waals surface area contributed by atoms with E-state index >= 15 is 0 Å². The highest BCUT2D eigenvalue weighted by molar-refractivity contribution is 5.79. The maximum atomic E-state index is 13.6. The third kappa shape index (κ3) is 4.73. The van der Waals surface area contributed by atoms with Crippen LogP contribution in [0.15, 0.2) is 29.5 Å². The van der Waals surface area contributed by atoms with E-state index in [-0.39, 0.29) is 12.1 Å². The first-order valence-electron chi connectivity index (χ1n) is 7.46. The minimum atomic E-state index is -0.481. The summed E-state index contributed by atoms with van der Waals surface area (Å²) in [4.78, 5) is 4.27. The molecule has 124 valence electrons. The fourth-order valence-corrected chi connectivity index (χ4v) is 2.01. The zero-order valence-corrected chi connectivity index (χ0v) is 13.2. The van der Waals surface area contributed by atoms with Crippen LogP contribution in [0.4, 0.5) is 8.78 Å². The molecule has 0 aliphatic carbocycles. The van der Waals surface area contributed by atoms with E-state index in [4.69, 9.17) is 0 Å². The average molecular weight is 322 g/mol. The van der Waals surface area contributed by atoms with Crippen LogP contribution in [-0.2, 0) is 19.6 Å². The largest absolute Gasteiger partial charge is 0.357 e. The van der Waals surface area contributed by atoms with Crippen molar-refractivity contribution in [2.24, 2.45) is 4.99 Å². The second-order valence-electron chi connectivity index (χ2n) is 4.82. The van der Waals surface area contributed by atoms with E-state index in [2.05, 4.69) is 25.8 Å². The van der Waals surface area contributed by atoms with E-state index in [1.165, 1.54) is 0 Å². The molecule has 1 heterocycles. The zero-order valence-electron chi connectivity index (χ0n) is 13.2. The molecule has 6 nitrogen and oxygen atoms in total. The molecule has 2 aromatic rings. The van der Waals surface area contributed by atoms with Gasteiger partial charge < -0.3 is 15.2 Å². The van der Waals surface area contributed by atoms with Gasteiger partial charge in [-0.3, -0.25) is 0 Å². The number of hydrogen-bond acceptors (Lipinski definition) is 3. The van der Waals surface area contributed by atoms with Gasteiger partial charge in [-0.15, -0.1) is 10.2 Å². The molecule has 0 amide bonds. The summed E-state index contributed by atoms with van der Waals surface area (Å²) in [5.74, 6) is 0.319. The Morgan fingerprint density at radius 2 is 2.09 bits per heavy atom. The Bertz CT molecular complexity index is 668. The third-order valence-electron chi connectivity index (χ3n) is 3.21. The van der Waals surface area contributed by atoms with Crippen molar-refractivity contribution in [1.29, 1.82) is 0 Å². The molecule has 0 aliphatic heterocycles. The van der Waals surface area contributed by atoms with Crippen LogP contribution >= 0.6 is 0 Å². The van der Waals surface area contributed by atoms with Crippen molar-refractivity contribution >= 4 is 5.96 Å². The van der Waals surface area contributed by atoms with Gasteiger partial charge in [0.15, 0.2) is 11.8 Å². The molecule has 0 saturated carbocycles. The molecule has 0 radical (unpaired) electrons. The number of hydrogen-bond donors (Lipinski definition) is 2. The average Bonchev–Trinajstić information content (AvgIpc) is 3.00. The molecule has 2 N–H and O–H groups in total. The van der Waals surface area contributed by atoms with Crippen LogP contribution in [0.1, 0.15) is 25.2 Å². The topological polar surface area (TPSA) is 67.1 Å². The van der Waals surface area contributed by atoms with Gasteiger partial charge >= 0.3 is 0 Å². The molecule has 0 fully saturated rings. The van der Waals surface area contributed by atoms with Crippen LogP contribution in [0.2, 0.25) is 0 Å². The lowest BCUT2D eigenvalue weighted by Gasteiger charge is -2.11. The van der Waals surface area contributed by atoms with Crippen LogP contribution < -0.4 is 10.6 Å². The number of nitrogens with zero attached hydrogens (tertiary/aromatic N) is 4. The standard InChI is InChI=1S/C15H20F2N6/c1-3-18-15(20-9-14-22-21-10-23(14)4-2)19-8-11-7-12(16)5-6-13(11)17/h5-7,10H,3-4,8-9H2,1-2H3,(H2,18,19,20). The molecule has 1 aromatic carbocycles. The van der Waals surface area contributed by atoms with Crippen LogP contribution in [0.5, 0.6) is 0 Å². The molecular formula is C15H20F2N6. The van der Waals surface area contributed by atoms with E-state index in [1.54, 1.807) is 6.33 Å². The molecule has 2 rings (SSSR count). The number of aliphatic imine (C=N–C) groups is 1. The minimum Gasteiger partial charge on any atom is -0.357 e. The molecular weight excluding hydrogens is 302 g/mol. The molecule has 0 spiro atoms. The maximum absolute atomic E-state index is 13.6. The summed E-state index contributed by atoms with van der Waals surface area (Å²) in [5, 5.41) is 14.0. The molecule has 23 heavy (non-hydrogen) atoms. The SMILES string of the molecule is CCNC(=NCc1cc(F)ccc1F)NCc1nncn1CC. The highest BCUT2D eigenvalue weighted by atomic mass is 19.1. The Morgan fingerprint density at radius 1 is 1.26 bits per heavy atom. The van der Waals surface area contributed by atoms with E-state index < -0.39 is 11.6 Å². The van der Waals surface area contributed by atoms with Crippen LogP contribution in [0.3, 0.4) is 0 Å². The molecule has 0 atom stereocenters. The first-order chi connectivity index (χ1) is 11.1. The fraction of sp³-hybridized carbons (Fsp3) is 0.400. The van der Waals surface area contributed by atoms with Crippen molar-refractivity contribution in [3.63, 3.8) is 0 Å². The number of rotatable bonds is 6. The summed E-state index contributed by atoms with van der Waals surface area (Å²) in [5.41, 5.74) is 0.207. The van der Waals surface area contributed by atoms with Gasteiger partial charge in [0, 0.05) is 18.7 Å². The van der Waals surface area contributed by atoms with Gasteiger partial charge in [-0.1, -0.05) is 0 Å². The van der Waals surface area contributed by atoms with Gasteiger partial charge in [-0.25, -0.2) is 13.8 Å². The summed E-state index contributed by atoms with van der Waals surface area (Å²) in [6.45, 7) is 5.82. The number of benzene rings is 1. The minimum absolute atomic E-state index is 0.0411. The molecule has 0 bridgehead atoms. The predicted octanol–water partition coefficient (Wildman–Crippen LogP) is 1.83. The highest BCUT2D eigenvalue weighted by Gasteiger charge is 2.06. The summed E-state index contributed by atoms with van der Waals surface area (Å²) in [6.07, 6.45) is 1.66. The quantitative estimate of drug-likeness (QED) is 0.629. The summed E-state index contributed by atoms with van der Waals surface area (Å²) in [6, 6.07) is 3.34. The van der Waals surface area contributed by atoms with Crippen molar-refractivity contribution < 1.29 is 8.78 Å². The van der Waals surface area contributed by atoms with E-state index in [1.807, 2.05) is 18.4 Å². The number of guanidine groups is 1. The van der Waals surface area contributed by atoms with Crippen LogP contribution in [-0.4, -0.2) is 27.3 Å². The van der Waals surface area contributed by atoms with Gasteiger partial charge in [0.05, 0.1) is 13.1 Å². The summed E-state index contributed by atoms with van der Waals surface area (Å²) < 4.78 is 28.7. The number of nitrogens with one attached hydrogen (secondary N) is 2. The second kappa shape index (κ2) is 8.21. The first kappa shape index (κ1) is 16.9. The summed E-state index contributed by atoms with van der Waals surface area (Å²) in [7, 11) is 0. The van der Waals surface area contributed by atoms with Gasteiger partial charge in [0.25, 0.3) is 0 Å². The number of aryl methyl sites for hydroxylation is 1. The van der Waals surface area contributed by atoms with E-state index in [0.29, 0.717) is 19.0 Å². The zero-order chi connectivity index (χ0) is 16.7. The van der Waals surface area contributed by atoms with Crippen LogP contribution in [0, 0.1) is 11.6 Å². The lowest BCUT2D eigenvalue weighted by molar-refractivity contribution is 0.585. The molecule has 8 heteroatoms. The van der Waals surface area contributed by atoms with Crippen LogP contribution in [0.25, 0.3) is 0 Å². The smallest absolute Gasteiger partial charge is 0.191 e. The Hall–Kier alpha value is -2.51. The van der Waals surface area contributed by atoms with E-state index in [0.717, 1.165) is 30.6 Å². The normalized spacial score (nSPS) is 11.6. The van der Waals surface area contributed by atoms with Gasteiger partial charge in [-0.05, 0) is 32.0 Å². The van der Waals surface area contributed by atoms with Crippen molar-refractivity contribution in [1.82, 2.24) is 25.4 Å². The fourth-order valence-electron chi connectivity index (χ4n) is 2.01. The predicted molar refractivity (Wildman–Crippen MR) is 83.7 cm³/mol. The van der Waals surface area contributed by atoms with Crippen molar-refractivity contribution in [3.05, 3.63) is 47.5 Å². The lowest BCUT2D eigenvalue weighted by Crippen LogP contribution is -2.37. The molecule has 0 unspecified atom stereocenters. The molecule has 0 aliphatic rings. The molecule has 1 aromatic heterocycles. The van der Waals surface area contributed by atoms with Crippen molar-refractivity contribution in [2.75, 3.05) is 6.54 Å². The second-order valence-corrected chi connectivity index (χ2v) is 4.82. The Morgan fingerprint density at radius 3 is 2.83 bits per heavy atom. The highest BCUT2D eigenvalue weighted by Crippen LogP contribution is 2.10. The Kier molecular flexibility index (Phi) is 6.02. The third-order valence-corrected chi connectivity index (χ3v) is 3.21. The Balaban J connectivity index is 2.03. The Labute approximate surface area is 133 Å². The number of aromatic nitrogens is 3. The van der Waals surface area contributed by atoms with E-state index in [9.17, 15) is 8.78 Å². The first-order valence-corrected chi connectivity index (χ1v) is 7.46. The monoisotopic (exact) mass is 322 g/mol. The maximum Gasteiger partial charge on any atom is 0.191 e. The van der Waals surface area contributed by atoms with Crippen molar-refractivity contribution in [2.45, 2.75) is 33.5 Å². The van der Waals surface area contributed by atoms with Crippen molar-refractivity contribution in [3.8, 4) is 0 Å². The van der Waals surface area contributed by atoms with Gasteiger partial charge in [-0.2, -0.15) is 0 Å². The van der Waals surface area contributed by atoms with Gasteiger partial charge in [0.2, 0.25) is 0 Å².